The molecule has 0 saturated heterocycles. The predicted molar refractivity (Wildman–Crippen MR) is 123 cm³/mol. The Balaban J connectivity index is 1.48. The Labute approximate surface area is 189 Å². The first kappa shape index (κ1) is 20.2. The Hall–Kier alpha value is -3.74. The first-order chi connectivity index (χ1) is 15.6. The molecule has 0 aliphatic heterocycles. The number of pyridine rings is 1. The summed E-state index contributed by atoms with van der Waals surface area (Å²) in [5.74, 6) is -0.0695. The van der Waals surface area contributed by atoms with Crippen molar-refractivity contribution in [3.05, 3.63) is 119 Å². The number of aromatic nitrogens is 4. The number of hydrogen-bond donors (Lipinski definition) is 2. The summed E-state index contributed by atoms with van der Waals surface area (Å²) >= 11 is 6.00. The van der Waals surface area contributed by atoms with Crippen LogP contribution in [0.3, 0.4) is 0 Å². The maximum atomic E-state index is 13.3. The summed E-state index contributed by atoms with van der Waals surface area (Å²) in [6.07, 6.45) is 3.94. The number of ketones is 1. The zero-order chi connectivity index (χ0) is 22.1. The van der Waals surface area contributed by atoms with Gasteiger partial charge in [0, 0.05) is 34.9 Å². The number of fused-ring (bicyclic) bond motifs is 1. The van der Waals surface area contributed by atoms with E-state index in [4.69, 9.17) is 11.6 Å². The molecule has 0 saturated carbocycles. The lowest BCUT2D eigenvalue weighted by Gasteiger charge is -2.06. The number of benzene rings is 2. The molecule has 3 aromatic heterocycles. The van der Waals surface area contributed by atoms with Crippen LogP contribution in [0, 0.1) is 0 Å². The molecule has 5 aromatic rings. The van der Waals surface area contributed by atoms with Gasteiger partial charge in [-0.3, -0.25) is 9.78 Å². The minimum absolute atomic E-state index is 0.171. The van der Waals surface area contributed by atoms with Crippen molar-refractivity contribution >= 4 is 28.3 Å². The molecule has 6 nitrogen and oxygen atoms in total. The molecule has 0 spiro atoms. The highest BCUT2D eigenvalue weighted by atomic mass is 35.5. The number of aliphatic hydroxyl groups excluding tert-OH is 1. The van der Waals surface area contributed by atoms with E-state index < -0.39 is 6.10 Å². The Bertz CT molecular complexity index is 1390. The number of rotatable bonds is 6. The van der Waals surface area contributed by atoms with E-state index in [1.165, 1.54) is 6.20 Å². The molecule has 1 atom stereocenters. The lowest BCUT2D eigenvalue weighted by molar-refractivity contribution is 0.103. The maximum absolute atomic E-state index is 13.3. The van der Waals surface area contributed by atoms with Crippen molar-refractivity contribution in [3.8, 4) is 0 Å². The van der Waals surface area contributed by atoms with Gasteiger partial charge in [-0.1, -0.05) is 48.0 Å². The van der Waals surface area contributed by atoms with Crippen LogP contribution in [-0.4, -0.2) is 30.4 Å². The number of hydrogen-bond acceptors (Lipinski definition) is 4. The second-order valence-corrected chi connectivity index (χ2v) is 7.92. The molecule has 0 amide bonds. The highest BCUT2D eigenvalue weighted by Gasteiger charge is 2.21. The topological polar surface area (TPSA) is 83.8 Å². The first-order valence-corrected chi connectivity index (χ1v) is 10.5. The van der Waals surface area contributed by atoms with Gasteiger partial charge in [0.05, 0.1) is 23.1 Å². The molecule has 2 N–H and O–H groups in total. The van der Waals surface area contributed by atoms with E-state index in [2.05, 4.69) is 15.0 Å². The second-order valence-electron chi connectivity index (χ2n) is 7.49. The average molecular weight is 443 g/mol. The Morgan fingerprint density at radius 2 is 1.81 bits per heavy atom. The van der Waals surface area contributed by atoms with Crippen molar-refractivity contribution in [2.75, 3.05) is 0 Å². The molecule has 0 aliphatic rings. The van der Waals surface area contributed by atoms with Crippen LogP contribution in [0.15, 0.2) is 85.3 Å². The lowest BCUT2D eigenvalue weighted by atomic mass is 10.1. The second kappa shape index (κ2) is 8.42. The summed E-state index contributed by atoms with van der Waals surface area (Å²) in [4.78, 5) is 24.7. The number of nitrogens with zero attached hydrogens (tertiary/aromatic N) is 3. The predicted octanol–water partition coefficient (Wildman–Crippen LogP) is 4.77. The number of halogens is 1. The number of carbonyl (C=O) groups is 1. The maximum Gasteiger partial charge on any atom is 0.230 e. The molecular formula is C25H19ClN4O2. The van der Waals surface area contributed by atoms with Crippen LogP contribution in [0.1, 0.15) is 39.2 Å². The van der Waals surface area contributed by atoms with Crippen molar-refractivity contribution in [2.45, 2.75) is 12.6 Å². The molecule has 5 rings (SSSR count). The summed E-state index contributed by atoms with van der Waals surface area (Å²) in [5, 5.41) is 12.1. The molecule has 0 bridgehead atoms. The Morgan fingerprint density at radius 1 is 1.03 bits per heavy atom. The SMILES string of the molecule is O=C(c1ncc(C(O)c2ccccn2)[nH]1)c1cn(Cc2ccc(Cl)cc2)c2ccccc12. The third-order valence-corrected chi connectivity index (χ3v) is 5.62. The lowest BCUT2D eigenvalue weighted by Crippen LogP contribution is -2.06. The first-order valence-electron chi connectivity index (χ1n) is 10.1. The van der Waals surface area contributed by atoms with Crippen LogP contribution in [0.4, 0.5) is 0 Å². The van der Waals surface area contributed by atoms with E-state index in [1.54, 1.807) is 24.4 Å². The monoisotopic (exact) mass is 442 g/mol. The third kappa shape index (κ3) is 3.82. The van der Waals surface area contributed by atoms with Gasteiger partial charge in [-0.25, -0.2) is 4.98 Å². The number of imidazole rings is 1. The summed E-state index contributed by atoms with van der Waals surface area (Å²) in [6, 6.07) is 20.7. The van der Waals surface area contributed by atoms with Crippen molar-refractivity contribution in [2.24, 2.45) is 0 Å². The smallest absolute Gasteiger partial charge is 0.230 e. The third-order valence-electron chi connectivity index (χ3n) is 5.37. The summed E-state index contributed by atoms with van der Waals surface area (Å²) in [5.41, 5.74) is 3.47. The molecule has 3 heterocycles. The van der Waals surface area contributed by atoms with E-state index in [0.717, 1.165) is 16.5 Å². The minimum Gasteiger partial charge on any atom is -0.380 e. The van der Waals surface area contributed by atoms with E-state index >= 15 is 0 Å². The van der Waals surface area contributed by atoms with Gasteiger partial charge in [0.1, 0.15) is 6.10 Å². The molecule has 32 heavy (non-hydrogen) atoms. The van der Waals surface area contributed by atoms with Gasteiger partial charge in [0.25, 0.3) is 0 Å². The molecule has 0 fully saturated rings. The zero-order valence-corrected chi connectivity index (χ0v) is 17.7. The van der Waals surface area contributed by atoms with E-state index in [1.807, 2.05) is 59.3 Å². The highest BCUT2D eigenvalue weighted by Crippen LogP contribution is 2.25. The molecule has 2 aromatic carbocycles. The van der Waals surface area contributed by atoms with Crippen LogP contribution >= 0.6 is 11.6 Å². The number of aromatic amines is 1. The van der Waals surface area contributed by atoms with Crippen molar-refractivity contribution in [1.29, 1.82) is 0 Å². The van der Waals surface area contributed by atoms with Gasteiger partial charge in [0.2, 0.25) is 5.78 Å². The molecule has 0 aliphatic carbocycles. The van der Waals surface area contributed by atoms with E-state index in [0.29, 0.717) is 28.5 Å². The van der Waals surface area contributed by atoms with Crippen LogP contribution in [0.5, 0.6) is 0 Å². The van der Waals surface area contributed by atoms with Crippen LogP contribution in [0.25, 0.3) is 10.9 Å². The van der Waals surface area contributed by atoms with Crippen LogP contribution < -0.4 is 0 Å². The number of carbonyl (C=O) groups excluding carboxylic acids is 1. The summed E-state index contributed by atoms with van der Waals surface area (Å²) in [7, 11) is 0. The van der Waals surface area contributed by atoms with E-state index in [-0.39, 0.29) is 11.6 Å². The number of para-hydroxylation sites is 1. The Morgan fingerprint density at radius 3 is 2.59 bits per heavy atom. The quantitative estimate of drug-likeness (QED) is 0.371. The van der Waals surface area contributed by atoms with E-state index in [9.17, 15) is 9.90 Å². The Kier molecular flexibility index (Phi) is 5.31. The summed E-state index contributed by atoms with van der Waals surface area (Å²) < 4.78 is 2.04. The summed E-state index contributed by atoms with van der Waals surface area (Å²) in [6.45, 7) is 0.604. The molecular weight excluding hydrogens is 424 g/mol. The van der Waals surface area contributed by atoms with Gasteiger partial charge in [-0.15, -0.1) is 0 Å². The van der Waals surface area contributed by atoms with Gasteiger partial charge >= 0.3 is 0 Å². The van der Waals surface area contributed by atoms with Crippen molar-refractivity contribution < 1.29 is 9.90 Å². The fourth-order valence-electron chi connectivity index (χ4n) is 3.76. The highest BCUT2D eigenvalue weighted by molar-refractivity contribution is 6.30. The molecule has 158 valence electrons. The normalized spacial score (nSPS) is 12.2. The van der Waals surface area contributed by atoms with Gasteiger partial charge in [0.15, 0.2) is 5.82 Å². The molecule has 1 unspecified atom stereocenters. The number of aliphatic hydroxyl groups is 1. The van der Waals surface area contributed by atoms with Gasteiger partial charge in [-0.2, -0.15) is 0 Å². The minimum atomic E-state index is -0.989. The zero-order valence-electron chi connectivity index (χ0n) is 16.9. The number of H-pyrrole nitrogens is 1. The average Bonchev–Trinajstić information content (AvgIpc) is 3.46. The standard InChI is InChI=1S/C25H19ClN4O2/c26-17-10-8-16(9-11-17)14-30-15-19(18-5-1-2-7-22(18)30)23(31)25-28-13-21(29-25)24(32)20-6-3-4-12-27-20/h1-13,15,24,32H,14H2,(H,28,29). The largest absolute Gasteiger partial charge is 0.380 e. The van der Waals surface area contributed by atoms with Crippen molar-refractivity contribution in [3.63, 3.8) is 0 Å². The van der Waals surface area contributed by atoms with Gasteiger partial charge < -0.3 is 14.7 Å². The molecule has 0 radical (unpaired) electrons. The fraction of sp³-hybridized carbons (Fsp3) is 0.0800. The fourth-order valence-corrected chi connectivity index (χ4v) is 3.89. The van der Waals surface area contributed by atoms with Crippen LogP contribution in [-0.2, 0) is 6.54 Å². The number of nitrogens with one attached hydrogen (secondary N) is 1. The molecule has 7 heteroatoms. The van der Waals surface area contributed by atoms with Crippen molar-refractivity contribution in [1.82, 2.24) is 19.5 Å². The van der Waals surface area contributed by atoms with Gasteiger partial charge in [-0.05, 0) is 35.9 Å². The van der Waals surface area contributed by atoms with Crippen LogP contribution in [0.2, 0.25) is 5.02 Å².